The Bertz CT molecular complexity index is 3470. The minimum atomic E-state index is -0.847. The minimum Gasteiger partial charge on any atom is -0.464 e. The molecule has 460 valence electrons. The Labute approximate surface area is 510 Å². The number of carbonyl (C=O) groups is 5. The molecule has 11 rings (SSSR count). The second-order valence-corrected chi connectivity index (χ2v) is 20.3. The molecule has 0 spiro atoms. The van der Waals surface area contributed by atoms with E-state index >= 15 is 0 Å². The maximum Gasteiger partial charge on any atom is 0.354 e. The summed E-state index contributed by atoms with van der Waals surface area (Å²) in [6.07, 6.45) is 8.14. The maximum atomic E-state index is 11.8. The number of urea groups is 2. The zero-order valence-corrected chi connectivity index (χ0v) is 52.7. The van der Waals surface area contributed by atoms with Crippen LogP contribution in [0.15, 0.2) is 170 Å². The first-order valence-electron chi connectivity index (χ1n) is 28.4. The molecule has 2 unspecified atom stereocenters. The number of aromatic nitrogens is 9. The van der Waals surface area contributed by atoms with Crippen LogP contribution < -0.4 is 4.74 Å². The molecular formula is C66H83N13O8. The van der Waals surface area contributed by atoms with Crippen LogP contribution in [0.5, 0.6) is 5.75 Å². The second kappa shape index (κ2) is 33.6. The summed E-state index contributed by atoms with van der Waals surface area (Å²) in [6, 6.07) is 46.5. The first-order valence-corrected chi connectivity index (χ1v) is 28.4. The molecule has 21 nitrogen and oxygen atoms in total. The summed E-state index contributed by atoms with van der Waals surface area (Å²) in [6.45, 7) is 12.9. The van der Waals surface area contributed by atoms with Crippen LogP contribution in [0, 0.1) is 27.7 Å². The Kier molecular flexibility index (Phi) is 26.2. The number of amides is 6. The highest BCUT2D eigenvalue weighted by atomic mass is 16.5. The number of rotatable bonds is 11. The fourth-order valence-corrected chi connectivity index (χ4v) is 8.65. The Hall–Kier alpha value is -9.89. The average Bonchev–Trinajstić information content (AvgIpc) is 2.64. The van der Waals surface area contributed by atoms with Crippen LogP contribution in [-0.4, -0.2) is 147 Å². The summed E-state index contributed by atoms with van der Waals surface area (Å²) in [5, 5.41) is 8.42. The van der Waals surface area contributed by atoms with Crippen molar-refractivity contribution in [1.29, 1.82) is 0 Å². The number of aryl methyl sites for hydroxylation is 9. The quantitative estimate of drug-likeness (QED) is 0.0675. The number of ether oxygens (including phenoxy) is 3. The maximum absolute atomic E-state index is 11.8. The van der Waals surface area contributed by atoms with Crippen LogP contribution in [0.3, 0.4) is 0 Å². The third kappa shape index (κ3) is 19.6. The number of methoxy groups -OCH3 is 1. The van der Waals surface area contributed by atoms with Crippen LogP contribution in [0.2, 0.25) is 0 Å². The number of esters is 1. The molecule has 0 N–H and O–H groups in total. The highest BCUT2D eigenvalue weighted by Crippen LogP contribution is 2.22. The summed E-state index contributed by atoms with van der Waals surface area (Å²) >= 11 is 0. The lowest BCUT2D eigenvalue weighted by molar-refractivity contribution is -0.140. The number of carbonyl (C=O) groups excluding carboxylic acids is 5. The van der Waals surface area contributed by atoms with Crippen LogP contribution in [0.1, 0.15) is 60.0 Å². The van der Waals surface area contributed by atoms with E-state index in [1.165, 1.54) is 36.7 Å². The molecule has 2 aliphatic heterocycles. The van der Waals surface area contributed by atoms with Gasteiger partial charge in [0.2, 0.25) is 6.23 Å². The molecule has 21 heteroatoms. The number of unbranched alkanes of at least 4 members (excludes halogenated alkanes) is 1. The van der Waals surface area contributed by atoms with E-state index < -0.39 is 12.5 Å². The van der Waals surface area contributed by atoms with Gasteiger partial charge in [-0.1, -0.05) is 123 Å². The number of hydrogen-bond acceptors (Lipinski definition) is 12. The van der Waals surface area contributed by atoms with Crippen molar-refractivity contribution < 1.29 is 38.2 Å². The van der Waals surface area contributed by atoms with Crippen LogP contribution in [0.25, 0.3) is 34.0 Å². The Morgan fingerprint density at radius 3 is 1.40 bits per heavy atom. The topological polar surface area (TPSA) is 202 Å². The summed E-state index contributed by atoms with van der Waals surface area (Å²) < 4.78 is 24.9. The molecule has 5 aromatic heterocycles. The van der Waals surface area contributed by atoms with E-state index in [0.717, 1.165) is 73.8 Å². The Balaban J connectivity index is 0.000000187. The van der Waals surface area contributed by atoms with Crippen LogP contribution in [-0.2, 0) is 54.3 Å². The van der Waals surface area contributed by atoms with E-state index in [1.54, 1.807) is 49.1 Å². The molecule has 0 radical (unpaired) electrons. The zero-order valence-electron chi connectivity index (χ0n) is 52.7. The normalized spacial score (nSPS) is 14.0. The molecule has 2 saturated heterocycles. The van der Waals surface area contributed by atoms with E-state index in [4.69, 9.17) is 9.47 Å². The molecule has 0 bridgehead atoms. The molecule has 6 amide bonds. The van der Waals surface area contributed by atoms with Crippen molar-refractivity contribution in [1.82, 2.24) is 62.8 Å². The van der Waals surface area contributed by atoms with Crippen LogP contribution >= 0.6 is 0 Å². The van der Waals surface area contributed by atoms with Gasteiger partial charge >= 0.3 is 18.0 Å². The third-order valence-electron chi connectivity index (χ3n) is 13.4. The first kappa shape index (κ1) is 67.9. The third-order valence-corrected chi connectivity index (χ3v) is 13.4. The monoisotopic (exact) mass is 1190 g/mol. The Morgan fingerprint density at radius 2 is 1.03 bits per heavy atom. The van der Waals surface area contributed by atoms with Crippen LogP contribution in [0.4, 0.5) is 9.59 Å². The number of hydrogen-bond donors (Lipinski definition) is 0. The smallest absolute Gasteiger partial charge is 0.354 e. The molecule has 87 heavy (non-hydrogen) atoms. The van der Waals surface area contributed by atoms with Gasteiger partial charge in [-0.15, -0.1) is 0 Å². The van der Waals surface area contributed by atoms with Gasteiger partial charge in [0, 0.05) is 117 Å². The van der Waals surface area contributed by atoms with Gasteiger partial charge in [0.1, 0.15) is 23.1 Å². The van der Waals surface area contributed by atoms with Crippen molar-refractivity contribution >= 4 is 29.8 Å². The molecule has 0 aliphatic carbocycles. The minimum absolute atomic E-state index is 0.284. The molecule has 2 atom stereocenters. The fourth-order valence-electron chi connectivity index (χ4n) is 8.65. The molecular weight excluding hydrogens is 1100 g/mol. The predicted octanol–water partition coefficient (Wildman–Crippen LogP) is 10.7. The standard InChI is InChI=1S/C12H14N2O3.2C11H12N2.C10H10N2.C9H16N2O3.C7H9NO2.C6H10N2/c1-3-14-11(10(15)13(2)12(14)16)17-9-7-5-4-6-8-9;2*1-9-8-13(2)11(12-9)10-6-4-3-5-7-10;1-12-8-7-10(11-12)9-5-3-2-4-6-9;1-4-5-6-14-8-7(12)10(2)9(13)11(8)3;1-8-5-3-4-6(8)7(9)10-2;1-5-4-6(2)8(3)7-5/h4-8,11H,3H2,1-2H3;2*3-8H,1-2H3;2-8H,1H3;8H,4-6H2,1-3H3;3-5H,1-2H3;4H,1-3H3. The number of benzene rings is 4. The van der Waals surface area contributed by atoms with Crippen molar-refractivity contribution in [3.05, 3.63) is 199 Å². The number of imidazole rings is 2. The number of nitrogens with zero attached hydrogens (tertiary/aromatic N) is 13. The van der Waals surface area contributed by atoms with Gasteiger partial charge < -0.3 is 27.9 Å². The highest BCUT2D eigenvalue weighted by Gasteiger charge is 2.44. The molecule has 2 fully saturated rings. The van der Waals surface area contributed by atoms with Gasteiger partial charge in [-0.2, -0.15) is 10.2 Å². The lowest BCUT2D eigenvalue weighted by Gasteiger charge is -2.20. The molecule has 9 aromatic rings. The van der Waals surface area contributed by atoms with Gasteiger partial charge in [-0.3, -0.25) is 38.6 Å². The van der Waals surface area contributed by atoms with E-state index in [-0.39, 0.29) is 29.8 Å². The zero-order chi connectivity index (χ0) is 63.7. The average molecular weight is 1190 g/mol. The van der Waals surface area contributed by atoms with Gasteiger partial charge in [0.15, 0.2) is 0 Å². The highest BCUT2D eigenvalue weighted by molar-refractivity contribution is 6.03. The lowest BCUT2D eigenvalue weighted by atomic mass is 10.2. The van der Waals surface area contributed by atoms with Crippen molar-refractivity contribution in [2.45, 2.75) is 66.8 Å². The first-order chi connectivity index (χ1) is 41.6. The van der Waals surface area contributed by atoms with Crippen molar-refractivity contribution in [3.8, 4) is 39.8 Å². The van der Waals surface area contributed by atoms with Crippen molar-refractivity contribution in [2.75, 3.05) is 41.4 Å². The van der Waals surface area contributed by atoms with Gasteiger partial charge in [0.25, 0.3) is 18.0 Å². The predicted molar refractivity (Wildman–Crippen MR) is 337 cm³/mol. The molecule has 7 heterocycles. The fraction of sp³-hybridized carbons (Fsp3) is 0.318. The summed E-state index contributed by atoms with van der Waals surface area (Å²) in [4.78, 5) is 70.9. The van der Waals surface area contributed by atoms with E-state index in [1.807, 2.05) is 186 Å². The van der Waals surface area contributed by atoms with Crippen molar-refractivity contribution in [2.24, 2.45) is 35.2 Å². The summed E-state index contributed by atoms with van der Waals surface area (Å²) in [5.41, 5.74) is 9.50. The molecule has 4 aromatic carbocycles. The van der Waals surface area contributed by atoms with E-state index in [0.29, 0.717) is 24.6 Å². The summed E-state index contributed by atoms with van der Waals surface area (Å²) in [7, 11) is 15.6. The second-order valence-electron chi connectivity index (χ2n) is 20.3. The van der Waals surface area contributed by atoms with Crippen molar-refractivity contribution in [3.63, 3.8) is 0 Å². The summed E-state index contributed by atoms with van der Waals surface area (Å²) in [5.74, 6) is 1.71. The van der Waals surface area contributed by atoms with Gasteiger partial charge in [-0.25, -0.2) is 24.4 Å². The van der Waals surface area contributed by atoms with Gasteiger partial charge in [-0.05, 0) is 77.4 Å². The Morgan fingerprint density at radius 1 is 0.540 bits per heavy atom. The largest absolute Gasteiger partial charge is 0.464 e. The number of likely N-dealkylation sites (N-methyl/N-ethyl adjacent to an activating group) is 4. The molecule has 2 aliphatic rings. The SMILES string of the molecule is CCCCOC1C(=O)N(C)C(=O)N1C.CCN1C(=O)N(C)C(=O)C1Oc1ccccc1.COC(=O)c1cccn1C.Cc1cc(C)n(C)n1.Cc1cn(C)c(-c2ccccc2)n1.Cc1cn(C)c(-c2ccccc2)n1.Cn1ccc(-c2ccccc2)n1. The number of para-hydroxylation sites is 1. The van der Waals surface area contributed by atoms with E-state index in [2.05, 4.69) is 67.4 Å². The number of imide groups is 2. The molecule has 0 saturated carbocycles. The lowest BCUT2D eigenvalue weighted by Crippen LogP contribution is -2.39. The van der Waals surface area contributed by atoms with Gasteiger partial charge in [0.05, 0.1) is 29.9 Å². The van der Waals surface area contributed by atoms with E-state index in [9.17, 15) is 24.0 Å².